The van der Waals surface area contributed by atoms with Gasteiger partial charge in [-0.3, -0.25) is 4.79 Å². The molecule has 190 valence electrons. The van der Waals surface area contributed by atoms with Crippen LogP contribution in [0.1, 0.15) is 5.56 Å². The van der Waals surface area contributed by atoms with E-state index in [0.29, 0.717) is 23.4 Å². The number of fused-ring (bicyclic) bond motifs is 1. The van der Waals surface area contributed by atoms with Gasteiger partial charge < -0.3 is 19.7 Å². The zero-order valence-corrected chi connectivity index (χ0v) is 21.4. The second-order valence-corrected chi connectivity index (χ2v) is 9.75. The van der Waals surface area contributed by atoms with Crippen molar-refractivity contribution in [2.45, 2.75) is 6.54 Å². The Labute approximate surface area is 222 Å². The predicted octanol–water partition coefficient (Wildman–Crippen LogP) is 5.00. The molecule has 0 aliphatic carbocycles. The van der Waals surface area contributed by atoms with Gasteiger partial charge in [0.25, 0.3) is 5.56 Å². The van der Waals surface area contributed by atoms with E-state index >= 15 is 0 Å². The van der Waals surface area contributed by atoms with Crippen molar-refractivity contribution in [1.82, 2.24) is 19.4 Å². The Hall–Kier alpha value is -4.49. The maximum absolute atomic E-state index is 13.4. The lowest BCUT2D eigenvalue weighted by atomic mass is 10.0. The third-order valence-corrected chi connectivity index (χ3v) is 7.09. The van der Waals surface area contributed by atoms with Gasteiger partial charge in [-0.1, -0.05) is 60.7 Å². The predicted molar refractivity (Wildman–Crippen MR) is 154 cm³/mol. The molecule has 0 bridgehead atoms. The van der Waals surface area contributed by atoms with Crippen molar-refractivity contribution in [2.75, 3.05) is 43.4 Å². The summed E-state index contributed by atoms with van der Waals surface area (Å²) in [7, 11) is 2.16. The van der Waals surface area contributed by atoms with Crippen LogP contribution in [-0.4, -0.2) is 52.7 Å². The summed E-state index contributed by atoms with van der Waals surface area (Å²) in [6, 6.07) is 28.4. The third kappa shape index (κ3) is 5.01. The molecule has 0 unspecified atom stereocenters. The molecule has 3 aromatic carbocycles. The number of nitrogens with zero attached hydrogens (tertiary/aromatic N) is 5. The zero-order valence-electron chi connectivity index (χ0n) is 21.4. The quantitative estimate of drug-likeness (QED) is 0.352. The van der Waals surface area contributed by atoms with Crippen LogP contribution in [-0.2, 0) is 6.54 Å². The average molecular weight is 503 g/mol. The van der Waals surface area contributed by atoms with Gasteiger partial charge in [-0.15, -0.1) is 0 Å². The molecular weight excluding hydrogens is 472 g/mol. The van der Waals surface area contributed by atoms with Crippen molar-refractivity contribution in [3.63, 3.8) is 0 Å². The van der Waals surface area contributed by atoms with Crippen LogP contribution in [0, 0.1) is 0 Å². The van der Waals surface area contributed by atoms with E-state index < -0.39 is 0 Å². The first kappa shape index (κ1) is 23.9. The molecule has 1 N–H and O–H groups in total. The summed E-state index contributed by atoms with van der Waals surface area (Å²) >= 11 is 0. The van der Waals surface area contributed by atoms with Gasteiger partial charge in [-0.25, -0.2) is 9.97 Å². The van der Waals surface area contributed by atoms with Crippen LogP contribution < -0.4 is 15.8 Å². The molecule has 0 spiro atoms. The van der Waals surface area contributed by atoms with Crippen LogP contribution in [0.5, 0.6) is 0 Å². The fraction of sp³-hybridized carbons (Fsp3) is 0.194. The summed E-state index contributed by atoms with van der Waals surface area (Å²) in [5.74, 6) is 0.460. The molecule has 6 rings (SSSR count). The Morgan fingerprint density at radius 2 is 1.53 bits per heavy atom. The first-order valence-corrected chi connectivity index (χ1v) is 12.9. The molecule has 2 aromatic heterocycles. The second kappa shape index (κ2) is 10.5. The Morgan fingerprint density at radius 3 is 2.24 bits per heavy atom. The molecule has 0 amide bonds. The van der Waals surface area contributed by atoms with Crippen molar-refractivity contribution in [3.8, 4) is 11.1 Å². The summed E-state index contributed by atoms with van der Waals surface area (Å²) in [5.41, 5.74) is 5.61. The highest BCUT2D eigenvalue weighted by Gasteiger charge is 2.16. The molecule has 5 aromatic rings. The number of rotatable bonds is 6. The van der Waals surface area contributed by atoms with Crippen molar-refractivity contribution in [1.29, 1.82) is 0 Å². The molecule has 0 atom stereocenters. The third-order valence-electron chi connectivity index (χ3n) is 7.09. The number of piperazine rings is 1. The van der Waals surface area contributed by atoms with Crippen LogP contribution >= 0.6 is 0 Å². The van der Waals surface area contributed by atoms with E-state index in [1.807, 2.05) is 66.9 Å². The summed E-state index contributed by atoms with van der Waals surface area (Å²) in [6.07, 6.45) is 3.55. The highest BCUT2D eigenvalue weighted by atomic mass is 16.1. The van der Waals surface area contributed by atoms with Gasteiger partial charge >= 0.3 is 0 Å². The van der Waals surface area contributed by atoms with Crippen LogP contribution in [0.4, 0.5) is 17.3 Å². The van der Waals surface area contributed by atoms with E-state index in [1.54, 1.807) is 10.8 Å². The number of anilines is 3. The topological polar surface area (TPSA) is 66.3 Å². The minimum Gasteiger partial charge on any atom is -0.369 e. The lowest BCUT2D eigenvalue weighted by Crippen LogP contribution is -2.44. The minimum absolute atomic E-state index is 0.105. The van der Waals surface area contributed by atoms with Gasteiger partial charge in [-0.05, 0) is 42.4 Å². The minimum atomic E-state index is -0.105. The first-order valence-electron chi connectivity index (χ1n) is 12.9. The van der Waals surface area contributed by atoms with Gasteiger partial charge in [-0.2, -0.15) is 0 Å². The number of likely N-dealkylation sites (N-methyl/N-ethyl adjacent to an activating group) is 1. The Bertz CT molecular complexity index is 1590. The fourth-order valence-corrected chi connectivity index (χ4v) is 4.91. The van der Waals surface area contributed by atoms with E-state index in [4.69, 9.17) is 4.98 Å². The van der Waals surface area contributed by atoms with Crippen LogP contribution in [0.15, 0.2) is 102 Å². The van der Waals surface area contributed by atoms with Crippen LogP contribution in [0.2, 0.25) is 0 Å². The van der Waals surface area contributed by atoms with E-state index in [1.165, 1.54) is 5.69 Å². The Kier molecular flexibility index (Phi) is 6.58. The summed E-state index contributed by atoms with van der Waals surface area (Å²) in [6.45, 7) is 4.68. The van der Waals surface area contributed by atoms with Gasteiger partial charge in [0.1, 0.15) is 0 Å². The van der Waals surface area contributed by atoms with E-state index in [-0.39, 0.29) is 5.56 Å². The molecule has 1 fully saturated rings. The summed E-state index contributed by atoms with van der Waals surface area (Å²) in [4.78, 5) is 27.5. The summed E-state index contributed by atoms with van der Waals surface area (Å²) in [5, 5.41) is 3.83. The lowest BCUT2D eigenvalue weighted by Gasteiger charge is -2.34. The molecule has 38 heavy (non-hydrogen) atoms. The van der Waals surface area contributed by atoms with Crippen molar-refractivity contribution in [3.05, 3.63) is 113 Å². The molecule has 3 heterocycles. The molecule has 0 radical (unpaired) electrons. The highest BCUT2D eigenvalue weighted by molar-refractivity contribution is 5.93. The number of hydrogen-bond donors (Lipinski definition) is 1. The monoisotopic (exact) mass is 502 g/mol. The second-order valence-electron chi connectivity index (χ2n) is 9.75. The van der Waals surface area contributed by atoms with E-state index in [9.17, 15) is 4.79 Å². The van der Waals surface area contributed by atoms with E-state index in [2.05, 4.69) is 51.4 Å². The standard InChI is InChI=1S/C31H30N6O/c1-35-16-18-36(19-17-35)26-14-12-25(13-15-26)33-31-32-20-27-29(34-31)28(24-10-6-3-7-11-24)22-37(30(27)38)21-23-8-4-2-5-9-23/h2-15,20,22H,16-19,21H2,1H3,(H,32,33,34). The first-order chi connectivity index (χ1) is 18.6. The maximum atomic E-state index is 13.4. The van der Waals surface area contributed by atoms with Gasteiger partial charge in [0.2, 0.25) is 5.95 Å². The normalized spacial score (nSPS) is 14.1. The average Bonchev–Trinajstić information content (AvgIpc) is 2.96. The molecule has 1 saturated heterocycles. The lowest BCUT2D eigenvalue weighted by molar-refractivity contribution is 0.313. The smallest absolute Gasteiger partial charge is 0.261 e. The molecule has 7 nitrogen and oxygen atoms in total. The van der Waals surface area contributed by atoms with Crippen LogP contribution in [0.3, 0.4) is 0 Å². The van der Waals surface area contributed by atoms with Crippen molar-refractivity contribution in [2.24, 2.45) is 0 Å². The summed E-state index contributed by atoms with van der Waals surface area (Å²) < 4.78 is 1.74. The largest absolute Gasteiger partial charge is 0.369 e. The van der Waals surface area contributed by atoms with Gasteiger partial charge in [0, 0.05) is 55.5 Å². The van der Waals surface area contributed by atoms with Crippen LogP contribution in [0.25, 0.3) is 22.0 Å². The molecule has 1 aliphatic rings. The number of benzene rings is 3. The van der Waals surface area contributed by atoms with Crippen molar-refractivity contribution >= 4 is 28.2 Å². The van der Waals surface area contributed by atoms with Crippen molar-refractivity contribution < 1.29 is 0 Å². The SMILES string of the molecule is CN1CCN(c2ccc(Nc3ncc4c(=O)n(Cc5ccccc5)cc(-c5ccccc5)c4n3)cc2)CC1. The Morgan fingerprint density at radius 1 is 0.842 bits per heavy atom. The number of pyridine rings is 1. The fourth-order valence-electron chi connectivity index (χ4n) is 4.91. The number of hydrogen-bond acceptors (Lipinski definition) is 6. The highest BCUT2D eigenvalue weighted by Crippen LogP contribution is 2.27. The van der Waals surface area contributed by atoms with E-state index in [0.717, 1.165) is 48.6 Å². The number of nitrogens with one attached hydrogen (secondary N) is 1. The number of aromatic nitrogens is 3. The van der Waals surface area contributed by atoms with Gasteiger partial charge in [0.15, 0.2) is 0 Å². The molecule has 0 saturated carbocycles. The molecule has 1 aliphatic heterocycles. The molecular formula is C31H30N6O. The van der Waals surface area contributed by atoms with Gasteiger partial charge in [0.05, 0.1) is 17.4 Å². The molecule has 7 heteroatoms. The Balaban J connectivity index is 1.33. The maximum Gasteiger partial charge on any atom is 0.261 e. The zero-order chi connectivity index (χ0) is 25.9.